The molecule has 3 heteroatoms. The highest BCUT2D eigenvalue weighted by atomic mass is 16.1. The molecule has 1 aromatic rings. The second kappa shape index (κ2) is 3.94. The van der Waals surface area contributed by atoms with Crippen molar-refractivity contribution in [3.63, 3.8) is 0 Å². The first kappa shape index (κ1) is 9.58. The molecule has 1 amide bonds. The molecule has 0 spiro atoms. The predicted molar refractivity (Wildman–Crippen MR) is 53.7 cm³/mol. The lowest BCUT2D eigenvalue weighted by Crippen LogP contribution is -2.13. The Morgan fingerprint density at radius 1 is 1.46 bits per heavy atom. The van der Waals surface area contributed by atoms with Gasteiger partial charge in [0.2, 0.25) is 5.91 Å². The van der Waals surface area contributed by atoms with Crippen LogP contribution in [0.15, 0.2) is 24.3 Å². The van der Waals surface area contributed by atoms with Crippen molar-refractivity contribution in [3.8, 4) is 0 Å². The van der Waals surface area contributed by atoms with Crippen molar-refractivity contribution in [1.82, 2.24) is 0 Å². The van der Waals surface area contributed by atoms with E-state index < -0.39 is 5.91 Å². The molecule has 1 aromatic carbocycles. The van der Waals surface area contributed by atoms with Crippen LogP contribution < -0.4 is 11.1 Å². The third kappa shape index (κ3) is 2.78. The SMILES string of the molecule is CC(C)Nc1cccc(C(N)=O)c1. The number of benzene rings is 1. The van der Waals surface area contributed by atoms with Crippen LogP contribution in [-0.2, 0) is 0 Å². The second-order valence-corrected chi connectivity index (χ2v) is 3.24. The Balaban J connectivity index is 2.85. The van der Waals surface area contributed by atoms with Crippen LogP contribution in [0, 0.1) is 0 Å². The van der Waals surface area contributed by atoms with E-state index in [0.717, 1.165) is 5.69 Å². The number of carbonyl (C=O) groups excluding carboxylic acids is 1. The maximum Gasteiger partial charge on any atom is 0.248 e. The van der Waals surface area contributed by atoms with Gasteiger partial charge in [-0.05, 0) is 32.0 Å². The average molecular weight is 178 g/mol. The standard InChI is InChI=1S/C10H14N2O/c1-7(2)12-9-5-3-4-8(6-9)10(11)13/h3-7,12H,1-2H3,(H2,11,13). The van der Waals surface area contributed by atoms with Crippen LogP contribution in [0.25, 0.3) is 0 Å². The predicted octanol–water partition coefficient (Wildman–Crippen LogP) is 1.61. The summed E-state index contributed by atoms with van der Waals surface area (Å²) in [6, 6.07) is 7.52. The lowest BCUT2D eigenvalue weighted by atomic mass is 10.2. The van der Waals surface area contributed by atoms with E-state index in [9.17, 15) is 4.79 Å². The summed E-state index contributed by atoms with van der Waals surface area (Å²) >= 11 is 0. The van der Waals surface area contributed by atoms with E-state index in [1.54, 1.807) is 12.1 Å². The second-order valence-electron chi connectivity index (χ2n) is 3.24. The molecule has 3 nitrogen and oxygen atoms in total. The number of rotatable bonds is 3. The van der Waals surface area contributed by atoms with Crippen molar-refractivity contribution in [2.75, 3.05) is 5.32 Å². The van der Waals surface area contributed by atoms with Crippen LogP contribution in [0.4, 0.5) is 5.69 Å². The van der Waals surface area contributed by atoms with E-state index >= 15 is 0 Å². The zero-order chi connectivity index (χ0) is 9.84. The fourth-order valence-corrected chi connectivity index (χ4v) is 1.10. The molecule has 0 saturated carbocycles. The number of nitrogens with two attached hydrogens (primary N) is 1. The Morgan fingerprint density at radius 3 is 2.69 bits per heavy atom. The number of nitrogens with one attached hydrogen (secondary N) is 1. The quantitative estimate of drug-likeness (QED) is 0.738. The highest BCUT2D eigenvalue weighted by Gasteiger charge is 2.01. The molecule has 0 aliphatic carbocycles. The van der Waals surface area contributed by atoms with Crippen molar-refractivity contribution in [1.29, 1.82) is 0 Å². The smallest absolute Gasteiger partial charge is 0.248 e. The summed E-state index contributed by atoms with van der Waals surface area (Å²) < 4.78 is 0. The van der Waals surface area contributed by atoms with Crippen molar-refractivity contribution < 1.29 is 4.79 Å². The first-order chi connectivity index (χ1) is 6.09. The molecule has 3 N–H and O–H groups in total. The number of hydrogen-bond acceptors (Lipinski definition) is 2. The van der Waals surface area contributed by atoms with Crippen LogP contribution in [-0.4, -0.2) is 11.9 Å². The van der Waals surface area contributed by atoms with Crippen molar-refractivity contribution in [2.45, 2.75) is 19.9 Å². The van der Waals surface area contributed by atoms with E-state index in [2.05, 4.69) is 5.32 Å². The van der Waals surface area contributed by atoms with Crippen molar-refractivity contribution in [3.05, 3.63) is 29.8 Å². The molecule has 13 heavy (non-hydrogen) atoms. The molecule has 70 valence electrons. The fourth-order valence-electron chi connectivity index (χ4n) is 1.10. The normalized spacial score (nSPS) is 10.1. The summed E-state index contributed by atoms with van der Waals surface area (Å²) in [5.41, 5.74) is 6.60. The lowest BCUT2D eigenvalue weighted by molar-refractivity contribution is 0.100. The van der Waals surface area contributed by atoms with Crippen LogP contribution in [0.5, 0.6) is 0 Å². The van der Waals surface area contributed by atoms with E-state index in [4.69, 9.17) is 5.73 Å². The molecule has 0 atom stereocenters. The number of hydrogen-bond donors (Lipinski definition) is 2. The summed E-state index contributed by atoms with van der Waals surface area (Å²) in [6.07, 6.45) is 0. The van der Waals surface area contributed by atoms with Gasteiger partial charge in [-0.2, -0.15) is 0 Å². The van der Waals surface area contributed by atoms with Gasteiger partial charge in [-0.15, -0.1) is 0 Å². The summed E-state index contributed by atoms with van der Waals surface area (Å²) in [5.74, 6) is -0.396. The Hall–Kier alpha value is -1.51. The molecule has 0 heterocycles. The van der Waals surface area contributed by atoms with Gasteiger partial charge in [0, 0.05) is 17.3 Å². The van der Waals surface area contributed by atoms with Crippen LogP contribution in [0.3, 0.4) is 0 Å². The minimum absolute atomic E-state index is 0.350. The Bertz CT molecular complexity index is 308. The molecule has 0 aliphatic rings. The molecule has 0 bridgehead atoms. The monoisotopic (exact) mass is 178 g/mol. The number of anilines is 1. The Morgan fingerprint density at radius 2 is 2.15 bits per heavy atom. The summed E-state index contributed by atoms with van der Waals surface area (Å²) in [6.45, 7) is 4.08. The average Bonchev–Trinajstić information content (AvgIpc) is 2.03. The topological polar surface area (TPSA) is 55.1 Å². The van der Waals surface area contributed by atoms with Gasteiger partial charge in [-0.1, -0.05) is 6.07 Å². The third-order valence-electron chi connectivity index (χ3n) is 1.60. The fraction of sp³-hybridized carbons (Fsp3) is 0.300. The number of primary amides is 1. The Labute approximate surface area is 77.9 Å². The maximum atomic E-state index is 10.8. The zero-order valence-corrected chi connectivity index (χ0v) is 7.87. The van der Waals surface area contributed by atoms with Gasteiger partial charge in [0.1, 0.15) is 0 Å². The first-order valence-electron chi connectivity index (χ1n) is 4.26. The summed E-state index contributed by atoms with van der Waals surface area (Å²) in [7, 11) is 0. The van der Waals surface area contributed by atoms with Crippen LogP contribution in [0.1, 0.15) is 24.2 Å². The van der Waals surface area contributed by atoms with Crippen LogP contribution in [0.2, 0.25) is 0 Å². The van der Waals surface area contributed by atoms with Gasteiger partial charge < -0.3 is 11.1 Å². The number of carbonyl (C=O) groups is 1. The van der Waals surface area contributed by atoms with Gasteiger partial charge in [0.05, 0.1) is 0 Å². The zero-order valence-electron chi connectivity index (χ0n) is 7.87. The number of amides is 1. The Kier molecular flexibility index (Phi) is 2.90. The molecule has 0 aromatic heterocycles. The summed E-state index contributed by atoms with van der Waals surface area (Å²) in [5, 5.41) is 3.19. The maximum absolute atomic E-state index is 10.8. The highest BCUT2D eigenvalue weighted by molar-refractivity contribution is 5.93. The highest BCUT2D eigenvalue weighted by Crippen LogP contribution is 2.10. The van der Waals surface area contributed by atoms with Gasteiger partial charge in [-0.25, -0.2) is 0 Å². The van der Waals surface area contributed by atoms with Gasteiger partial charge in [0.25, 0.3) is 0 Å². The van der Waals surface area contributed by atoms with Crippen molar-refractivity contribution >= 4 is 11.6 Å². The van der Waals surface area contributed by atoms with E-state index in [1.165, 1.54) is 0 Å². The third-order valence-corrected chi connectivity index (χ3v) is 1.60. The molecule has 1 rings (SSSR count). The molecular formula is C10H14N2O. The minimum atomic E-state index is -0.396. The minimum Gasteiger partial charge on any atom is -0.383 e. The lowest BCUT2D eigenvalue weighted by Gasteiger charge is -2.09. The summed E-state index contributed by atoms with van der Waals surface area (Å²) in [4.78, 5) is 10.8. The van der Waals surface area contributed by atoms with Gasteiger partial charge in [0.15, 0.2) is 0 Å². The van der Waals surface area contributed by atoms with E-state index in [0.29, 0.717) is 11.6 Å². The largest absolute Gasteiger partial charge is 0.383 e. The molecule has 0 unspecified atom stereocenters. The van der Waals surface area contributed by atoms with E-state index in [1.807, 2.05) is 26.0 Å². The van der Waals surface area contributed by atoms with Crippen molar-refractivity contribution in [2.24, 2.45) is 5.73 Å². The molecule has 0 radical (unpaired) electrons. The molecule has 0 fully saturated rings. The van der Waals surface area contributed by atoms with Crippen LogP contribution >= 0.6 is 0 Å². The van der Waals surface area contributed by atoms with Gasteiger partial charge >= 0.3 is 0 Å². The molecule has 0 aliphatic heterocycles. The van der Waals surface area contributed by atoms with Gasteiger partial charge in [-0.3, -0.25) is 4.79 Å². The first-order valence-corrected chi connectivity index (χ1v) is 4.26. The van der Waals surface area contributed by atoms with E-state index in [-0.39, 0.29) is 0 Å². The molecular weight excluding hydrogens is 164 g/mol. The molecule has 0 saturated heterocycles.